The van der Waals surface area contributed by atoms with E-state index in [1.165, 1.54) is 6.92 Å². The Bertz CT molecular complexity index is 532. The molecule has 0 nitrogen and oxygen atoms in total. The highest BCUT2D eigenvalue weighted by atomic mass is 19.4. The minimum absolute atomic E-state index is 0.0230. The van der Waals surface area contributed by atoms with E-state index < -0.39 is 35.5 Å². The molecule has 2 aliphatic carbocycles. The van der Waals surface area contributed by atoms with Gasteiger partial charge in [-0.05, 0) is 67.6 Å². The van der Waals surface area contributed by atoms with E-state index in [0.717, 1.165) is 5.57 Å². The summed E-state index contributed by atoms with van der Waals surface area (Å²) in [5, 5.41) is 0. The highest BCUT2D eigenvalue weighted by Crippen LogP contribution is 2.66. The molecule has 0 heterocycles. The molecule has 5 atom stereocenters. The van der Waals surface area contributed by atoms with Crippen molar-refractivity contribution in [3.8, 4) is 0 Å². The van der Waals surface area contributed by atoms with Crippen LogP contribution >= 0.6 is 0 Å². The van der Waals surface area contributed by atoms with Crippen LogP contribution in [0.5, 0.6) is 0 Å². The van der Waals surface area contributed by atoms with Crippen LogP contribution in [0.15, 0.2) is 11.6 Å². The fourth-order valence-electron chi connectivity index (χ4n) is 5.78. The summed E-state index contributed by atoms with van der Waals surface area (Å²) in [5.74, 6) is -4.11. The second-order valence-corrected chi connectivity index (χ2v) is 9.36. The van der Waals surface area contributed by atoms with Crippen molar-refractivity contribution >= 4 is 0 Å². The van der Waals surface area contributed by atoms with Gasteiger partial charge in [-0.15, -0.1) is 0 Å². The van der Waals surface area contributed by atoms with Crippen LogP contribution < -0.4 is 0 Å². The third-order valence-electron chi connectivity index (χ3n) is 7.82. The molecular formula is C21H32F6. The van der Waals surface area contributed by atoms with E-state index in [0.29, 0.717) is 0 Å². The average molecular weight is 398 g/mol. The molecular weight excluding hydrogens is 366 g/mol. The summed E-state index contributed by atoms with van der Waals surface area (Å²) in [6.45, 7) is 10.6. The molecule has 2 aliphatic rings. The van der Waals surface area contributed by atoms with Crippen LogP contribution in [0.3, 0.4) is 0 Å². The molecule has 158 valence electrons. The SMILES string of the molecule is CC1=CC(C)C(C(C2CC(C)C(C)C(C)C2)(C(F)(F)F)C(F)(F)F)CC1C. The van der Waals surface area contributed by atoms with Crippen molar-refractivity contribution in [2.45, 2.75) is 73.2 Å². The van der Waals surface area contributed by atoms with E-state index in [1.807, 2.05) is 6.92 Å². The molecule has 1 fully saturated rings. The molecule has 0 aromatic heterocycles. The summed E-state index contributed by atoms with van der Waals surface area (Å²) in [7, 11) is 0. The van der Waals surface area contributed by atoms with Gasteiger partial charge in [-0.3, -0.25) is 0 Å². The predicted octanol–water partition coefficient (Wildman–Crippen LogP) is 7.65. The van der Waals surface area contributed by atoms with E-state index in [-0.39, 0.29) is 42.9 Å². The Labute approximate surface area is 158 Å². The normalized spacial score (nSPS) is 39.3. The first-order valence-electron chi connectivity index (χ1n) is 9.96. The largest absolute Gasteiger partial charge is 0.403 e. The third kappa shape index (κ3) is 3.66. The molecule has 5 unspecified atom stereocenters. The van der Waals surface area contributed by atoms with Gasteiger partial charge in [0.1, 0.15) is 0 Å². The molecule has 0 aromatic rings. The first-order valence-corrected chi connectivity index (χ1v) is 9.96. The standard InChI is InChI=1S/C21H32F6/c1-11-7-15(5)18(10-12(11)2)19(20(22,23)24,21(25,26)27)17-8-13(3)16(6)14(4)9-17/h7,12-18H,8-10H2,1-6H3. The lowest BCUT2D eigenvalue weighted by Gasteiger charge is -2.54. The zero-order valence-corrected chi connectivity index (χ0v) is 17.0. The summed E-state index contributed by atoms with van der Waals surface area (Å²) in [6.07, 6.45) is -9.14. The monoisotopic (exact) mass is 398 g/mol. The quantitative estimate of drug-likeness (QED) is 0.331. The van der Waals surface area contributed by atoms with Crippen molar-refractivity contribution in [2.75, 3.05) is 0 Å². The van der Waals surface area contributed by atoms with Gasteiger partial charge in [0.15, 0.2) is 5.41 Å². The Hall–Kier alpha value is -0.680. The van der Waals surface area contributed by atoms with Crippen LogP contribution in [0.4, 0.5) is 26.3 Å². The maximum absolute atomic E-state index is 14.4. The summed E-state index contributed by atoms with van der Waals surface area (Å²) in [6, 6.07) is 0. The van der Waals surface area contributed by atoms with Gasteiger partial charge in [0, 0.05) is 0 Å². The molecule has 0 saturated heterocycles. The van der Waals surface area contributed by atoms with Crippen LogP contribution in [-0.2, 0) is 0 Å². The van der Waals surface area contributed by atoms with Gasteiger partial charge in [-0.1, -0.05) is 46.3 Å². The van der Waals surface area contributed by atoms with E-state index in [2.05, 4.69) is 0 Å². The van der Waals surface area contributed by atoms with Crippen LogP contribution in [0, 0.1) is 46.8 Å². The Kier molecular flexibility index (Phi) is 6.11. The minimum Gasteiger partial charge on any atom is -0.170 e. The molecule has 27 heavy (non-hydrogen) atoms. The lowest BCUT2D eigenvalue weighted by molar-refractivity contribution is -0.386. The van der Waals surface area contributed by atoms with Crippen molar-refractivity contribution in [3.05, 3.63) is 11.6 Å². The van der Waals surface area contributed by atoms with Gasteiger partial charge < -0.3 is 0 Å². The van der Waals surface area contributed by atoms with Crippen LogP contribution in [0.2, 0.25) is 0 Å². The van der Waals surface area contributed by atoms with Gasteiger partial charge in [0.25, 0.3) is 0 Å². The molecule has 0 spiro atoms. The van der Waals surface area contributed by atoms with E-state index in [9.17, 15) is 26.3 Å². The second kappa shape index (κ2) is 7.29. The number of hydrogen-bond acceptors (Lipinski definition) is 0. The zero-order chi connectivity index (χ0) is 20.9. The smallest absolute Gasteiger partial charge is 0.170 e. The summed E-state index contributed by atoms with van der Waals surface area (Å²) in [5.41, 5.74) is -2.76. The van der Waals surface area contributed by atoms with Crippen molar-refractivity contribution in [1.29, 1.82) is 0 Å². The highest BCUT2D eigenvalue weighted by molar-refractivity contribution is 5.16. The van der Waals surface area contributed by atoms with Gasteiger partial charge in [0.05, 0.1) is 0 Å². The molecule has 6 heteroatoms. The van der Waals surface area contributed by atoms with E-state index in [1.54, 1.807) is 33.8 Å². The minimum atomic E-state index is -5.33. The summed E-state index contributed by atoms with van der Waals surface area (Å²) in [4.78, 5) is 0. The number of alkyl halides is 6. The average Bonchev–Trinajstić information content (AvgIpc) is 2.47. The van der Waals surface area contributed by atoms with Crippen LogP contribution in [-0.4, -0.2) is 12.4 Å². The molecule has 0 bridgehead atoms. The molecule has 0 radical (unpaired) electrons. The maximum Gasteiger partial charge on any atom is 0.403 e. The highest BCUT2D eigenvalue weighted by Gasteiger charge is 2.77. The van der Waals surface area contributed by atoms with Crippen molar-refractivity contribution < 1.29 is 26.3 Å². The number of rotatable bonds is 2. The van der Waals surface area contributed by atoms with Crippen molar-refractivity contribution in [2.24, 2.45) is 46.8 Å². The topological polar surface area (TPSA) is 0 Å². The van der Waals surface area contributed by atoms with Crippen molar-refractivity contribution in [3.63, 3.8) is 0 Å². The fourth-order valence-corrected chi connectivity index (χ4v) is 5.78. The predicted molar refractivity (Wildman–Crippen MR) is 95.0 cm³/mol. The molecule has 0 aliphatic heterocycles. The van der Waals surface area contributed by atoms with Gasteiger partial charge in [-0.2, -0.15) is 26.3 Å². The Morgan fingerprint density at radius 3 is 1.63 bits per heavy atom. The molecule has 2 rings (SSSR count). The van der Waals surface area contributed by atoms with Crippen LogP contribution in [0.1, 0.15) is 60.8 Å². The lowest BCUT2D eigenvalue weighted by Crippen LogP contribution is -2.62. The molecule has 0 N–H and O–H groups in total. The third-order valence-corrected chi connectivity index (χ3v) is 7.82. The van der Waals surface area contributed by atoms with Crippen molar-refractivity contribution in [1.82, 2.24) is 0 Å². The first kappa shape index (κ1) is 22.6. The molecule has 0 amide bonds. The summed E-state index contributed by atoms with van der Waals surface area (Å²) >= 11 is 0. The first-order chi connectivity index (χ1) is 12.1. The maximum atomic E-state index is 14.4. The number of allylic oxidation sites excluding steroid dienone is 2. The van der Waals surface area contributed by atoms with Crippen LogP contribution in [0.25, 0.3) is 0 Å². The van der Waals surface area contributed by atoms with E-state index in [4.69, 9.17) is 0 Å². The van der Waals surface area contributed by atoms with Gasteiger partial charge in [0.2, 0.25) is 0 Å². The van der Waals surface area contributed by atoms with Gasteiger partial charge in [-0.25, -0.2) is 0 Å². The fraction of sp³-hybridized carbons (Fsp3) is 0.905. The Balaban J connectivity index is 2.66. The van der Waals surface area contributed by atoms with E-state index >= 15 is 0 Å². The zero-order valence-electron chi connectivity index (χ0n) is 17.0. The molecule has 1 saturated carbocycles. The number of halogens is 6. The lowest BCUT2D eigenvalue weighted by atomic mass is 9.52. The number of hydrogen-bond donors (Lipinski definition) is 0. The van der Waals surface area contributed by atoms with Gasteiger partial charge >= 0.3 is 12.4 Å². The Morgan fingerprint density at radius 2 is 1.22 bits per heavy atom. The second-order valence-electron chi connectivity index (χ2n) is 9.36. The Morgan fingerprint density at radius 1 is 0.778 bits per heavy atom. The molecule has 0 aromatic carbocycles. The summed E-state index contributed by atoms with van der Waals surface area (Å²) < 4.78 is 86.7.